The van der Waals surface area contributed by atoms with E-state index in [1.54, 1.807) is 0 Å². The highest BCUT2D eigenvalue weighted by Gasteiger charge is 2.11. The summed E-state index contributed by atoms with van der Waals surface area (Å²) in [6, 6.07) is 0. The van der Waals surface area contributed by atoms with Gasteiger partial charge in [-0.05, 0) is 0 Å². The van der Waals surface area contributed by atoms with E-state index in [0.717, 1.165) is 13.2 Å². The smallest absolute Gasteiger partial charge is 0.160 e. The van der Waals surface area contributed by atoms with E-state index >= 15 is 0 Å². The van der Waals surface area contributed by atoms with Crippen LogP contribution in [-0.4, -0.2) is 19.5 Å². The monoisotopic (exact) mass is 101 g/mol. The standard InChI is InChI=1S/C5H9O2/c1-2-5-6-3-4-7-5/h2,5H,3-4H2,1H3. The van der Waals surface area contributed by atoms with Crippen LogP contribution in [0.25, 0.3) is 0 Å². The molecule has 2 nitrogen and oxygen atoms in total. The van der Waals surface area contributed by atoms with Crippen LogP contribution in [-0.2, 0) is 9.47 Å². The molecule has 0 saturated carbocycles. The van der Waals surface area contributed by atoms with Crippen molar-refractivity contribution in [3.05, 3.63) is 6.42 Å². The Hall–Kier alpha value is -0.0800. The predicted octanol–water partition coefficient (Wildman–Crippen LogP) is 0.583. The fraction of sp³-hybridized carbons (Fsp3) is 0.800. The van der Waals surface area contributed by atoms with Crippen molar-refractivity contribution in [2.75, 3.05) is 13.2 Å². The van der Waals surface area contributed by atoms with E-state index in [4.69, 9.17) is 9.47 Å². The van der Waals surface area contributed by atoms with E-state index in [-0.39, 0.29) is 6.29 Å². The van der Waals surface area contributed by atoms with Crippen LogP contribution in [0.5, 0.6) is 0 Å². The van der Waals surface area contributed by atoms with Crippen molar-refractivity contribution in [2.24, 2.45) is 0 Å². The zero-order valence-electron chi connectivity index (χ0n) is 4.39. The van der Waals surface area contributed by atoms with Gasteiger partial charge in [0.1, 0.15) is 0 Å². The Morgan fingerprint density at radius 1 is 1.43 bits per heavy atom. The van der Waals surface area contributed by atoms with Gasteiger partial charge in [-0.1, -0.05) is 6.92 Å². The lowest BCUT2D eigenvalue weighted by molar-refractivity contribution is -0.0141. The Kier molecular flexibility index (Phi) is 1.65. The lowest BCUT2D eigenvalue weighted by atomic mass is 10.5. The van der Waals surface area contributed by atoms with Crippen LogP contribution in [0.4, 0.5) is 0 Å². The molecule has 0 aromatic carbocycles. The highest BCUT2D eigenvalue weighted by Crippen LogP contribution is 2.04. The molecule has 0 aromatic rings. The van der Waals surface area contributed by atoms with Crippen LogP contribution in [0, 0.1) is 6.42 Å². The molecule has 1 radical (unpaired) electrons. The summed E-state index contributed by atoms with van der Waals surface area (Å²) in [7, 11) is 0. The van der Waals surface area contributed by atoms with Gasteiger partial charge in [-0.2, -0.15) is 0 Å². The summed E-state index contributed by atoms with van der Waals surface area (Å²) in [6.45, 7) is 3.42. The van der Waals surface area contributed by atoms with Gasteiger partial charge in [-0.15, -0.1) is 0 Å². The molecule has 0 bridgehead atoms. The fourth-order valence-electron chi connectivity index (χ4n) is 0.569. The molecule has 0 atom stereocenters. The largest absolute Gasteiger partial charge is 0.350 e. The minimum Gasteiger partial charge on any atom is -0.350 e. The van der Waals surface area contributed by atoms with Crippen molar-refractivity contribution in [3.8, 4) is 0 Å². The van der Waals surface area contributed by atoms with E-state index < -0.39 is 0 Å². The highest BCUT2D eigenvalue weighted by molar-refractivity contribution is 4.64. The maximum absolute atomic E-state index is 5.02. The van der Waals surface area contributed by atoms with E-state index in [0.29, 0.717) is 0 Å². The SMILES string of the molecule is C[CH]C1OCCO1. The summed E-state index contributed by atoms with van der Waals surface area (Å²) >= 11 is 0. The van der Waals surface area contributed by atoms with Gasteiger partial charge in [0.15, 0.2) is 6.29 Å². The molecule has 2 heteroatoms. The third-order valence-corrected chi connectivity index (χ3v) is 0.920. The average Bonchev–Trinajstić information content (AvgIpc) is 2.14. The van der Waals surface area contributed by atoms with Crippen molar-refractivity contribution in [3.63, 3.8) is 0 Å². The summed E-state index contributed by atoms with van der Waals surface area (Å²) in [5, 5.41) is 0. The van der Waals surface area contributed by atoms with Crippen molar-refractivity contribution in [1.29, 1.82) is 0 Å². The second-order valence-electron chi connectivity index (χ2n) is 1.44. The van der Waals surface area contributed by atoms with Crippen LogP contribution in [0.1, 0.15) is 6.92 Å². The molecule has 1 saturated heterocycles. The molecule has 1 aliphatic rings. The molecule has 0 aliphatic carbocycles. The van der Waals surface area contributed by atoms with Gasteiger partial charge in [0.25, 0.3) is 0 Å². The molecule has 1 rings (SSSR count). The zero-order valence-corrected chi connectivity index (χ0v) is 4.39. The molecule has 0 aromatic heterocycles. The lowest BCUT2D eigenvalue weighted by Crippen LogP contribution is -2.04. The summed E-state index contributed by atoms with van der Waals surface area (Å²) in [6.07, 6.45) is 1.87. The number of hydrogen-bond donors (Lipinski definition) is 0. The Balaban J connectivity index is 2.14. The van der Waals surface area contributed by atoms with Crippen molar-refractivity contribution in [1.82, 2.24) is 0 Å². The first-order valence-electron chi connectivity index (χ1n) is 2.46. The Morgan fingerprint density at radius 3 is 2.29 bits per heavy atom. The maximum atomic E-state index is 5.02. The van der Waals surface area contributed by atoms with Gasteiger partial charge in [-0.25, -0.2) is 0 Å². The molecule has 0 amide bonds. The first-order chi connectivity index (χ1) is 3.43. The van der Waals surface area contributed by atoms with Crippen molar-refractivity contribution >= 4 is 0 Å². The molecular weight excluding hydrogens is 92.1 g/mol. The minimum atomic E-state index is -0.0278. The number of ether oxygens (including phenoxy) is 2. The molecular formula is C5H9O2. The van der Waals surface area contributed by atoms with E-state index in [2.05, 4.69) is 0 Å². The van der Waals surface area contributed by atoms with Crippen molar-refractivity contribution in [2.45, 2.75) is 13.2 Å². The van der Waals surface area contributed by atoms with Gasteiger partial charge in [0.05, 0.1) is 13.2 Å². The van der Waals surface area contributed by atoms with Gasteiger partial charge >= 0.3 is 0 Å². The first-order valence-corrected chi connectivity index (χ1v) is 2.46. The Labute approximate surface area is 43.4 Å². The summed E-state index contributed by atoms with van der Waals surface area (Å²) in [5.41, 5.74) is 0. The topological polar surface area (TPSA) is 18.5 Å². The third-order valence-electron chi connectivity index (χ3n) is 0.920. The Morgan fingerprint density at radius 2 is 2.00 bits per heavy atom. The van der Waals surface area contributed by atoms with Gasteiger partial charge < -0.3 is 9.47 Å². The summed E-state index contributed by atoms with van der Waals surface area (Å²) in [4.78, 5) is 0. The summed E-state index contributed by atoms with van der Waals surface area (Å²) < 4.78 is 10.0. The number of hydrogen-bond acceptors (Lipinski definition) is 2. The number of rotatable bonds is 1. The molecule has 41 valence electrons. The van der Waals surface area contributed by atoms with Crippen LogP contribution in [0.15, 0.2) is 0 Å². The fourth-order valence-corrected chi connectivity index (χ4v) is 0.569. The second kappa shape index (κ2) is 2.28. The van der Waals surface area contributed by atoms with E-state index in [9.17, 15) is 0 Å². The summed E-state index contributed by atoms with van der Waals surface area (Å²) in [5.74, 6) is 0. The van der Waals surface area contributed by atoms with Crippen LogP contribution in [0.3, 0.4) is 0 Å². The molecule has 7 heavy (non-hydrogen) atoms. The molecule has 1 aliphatic heterocycles. The average molecular weight is 101 g/mol. The predicted molar refractivity (Wildman–Crippen MR) is 25.7 cm³/mol. The molecule has 1 heterocycles. The van der Waals surface area contributed by atoms with Crippen LogP contribution >= 0.6 is 0 Å². The van der Waals surface area contributed by atoms with Crippen molar-refractivity contribution < 1.29 is 9.47 Å². The van der Waals surface area contributed by atoms with Crippen LogP contribution in [0.2, 0.25) is 0 Å². The molecule has 0 spiro atoms. The second-order valence-corrected chi connectivity index (χ2v) is 1.44. The minimum absolute atomic E-state index is 0.0278. The molecule has 0 N–H and O–H groups in total. The van der Waals surface area contributed by atoms with Gasteiger partial charge in [-0.3, -0.25) is 0 Å². The zero-order chi connectivity index (χ0) is 5.11. The maximum Gasteiger partial charge on any atom is 0.160 e. The van der Waals surface area contributed by atoms with Gasteiger partial charge in [0.2, 0.25) is 0 Å². The quantitative estimate of drug-likeness (QED) is 0.481. The lowest BCUT2D eigenvalue weighted by Gasteiger charge is -2.00. The van der Waals surface area contributed by atoms with E-state index in [1.807, 2.05) is 13.3 Å². The highest BCUT2D eigenvalue weighted by atomic mass is 16.7. The molecule has 1 fully saturated rings. The molecule has 0 unspecified atom stereocenters. The first kappa shape index (κ1) is 5.06. The van der Waals surface area contributed by atoms with Gasteiger partial charge in [0, 0.05) is 6.42 Å². The normalized spacial score (nSPS) is 23.6. The third kappa shape index (κ3) is 1.14. The van der Waals surface area contributed by atoms with E-state index in [1.165, 1.54) is 0 Å². The van der Waals surface area contributed by atoms with Crippen LogP contribution < -0.4 is 0 Å². The Bertz CT molecular complexity index is 48.0.